The minimum absolute atomic E-state index is 0.0415. The van der Waals surface area contributed by atoms with Crippen LogP contribution >= 0.6 is 0 Å². The van der Waals surface area contributed by atoms with Gasteiger partial charge in [0.2, 0.25) is 10.0 Å². The quantitative estimate of drug-likeness (QED) is 0.757. The van der Waals surface area contributed by atoms with Gasteiger partial charge in [0.1, 0.15) is 4.90 Å². The third-order valence-electron chi connectivity index (χ3n) is 2.63. The van der Waals surface area contributed by atoms with E-state index >= 15 is 0 Å². The molecule has 0 unspecified atom stereocenters. The lowest BCUT2D eigenvalue weighted by atomic mass is 10.4. The molecule has 0 aromatic carbocycles. The number of aryl methyl sites for hydroxylation is 1. The molecular weight excluding hydrogens is 280 g/mol. The van der Waals surface area contributed by atoms with Crippen molar-refractivity contribution in [1.82, 2.24) is 19.5 Å². The topological polar surface area (TPSA) is 97.1 Å². The third-order valence-corrected chi connectivity index (χ3v) is 3.99. The van der Waals surface area contributed by atoms with E-state index in [0.29, 0.717) is 18.7 Å². The molecule has 0 bridgehead atoms. The Labute approximate surface area is 117 Å². The number of hydrogen-bond donors (Lipinski definition) is 2. The van der Waals surface area contributed by atoms with Crippen molar-refractivity contribution in [3.63, 3.8) is 0 Å². The molecule has 108 valence electrons. The highest BCUT2D eigenvalue weighted by Crippen LogP contribution is 2.08. The molecule has 7 nitrogen and oxygen atoms in total. The van der Waals surface area contributed by atoms with E-state index in [4.69, 9.17) is 5.11 Å². The van der Waals surface area contributed by atoms with Gasteiger partial charge >= 0.3 is 0 Å². The summed E-state index contributed by atoms with van der Waals surface area (Å²) in [6, 6.07) is 5.31. The van der Waals surface area contributed by atoms with Crippen LogP contribution in [0.3, 0.4) is 0 Å². The van der Waals surface area contributed by atoms with Crippen molar-refractivity contribution in [1.29, 1.82) is 0 Å². The Morgan fingerprint density at radius 2 is 2.20 bits per heavy atom. The summed E-state index contributed by atoms with van der Waals surface area (Å²) in [5, 5.41) is 12.7. The van der Waals surface area contributed by atoms with Crippen LogP contribution in [0, 0.1) is 0 Å². The fraction of sp³-hybridized carbons (Fsp3) is 0.333. The maximum absolute atomic E-state index is 12.1. The van der Waals surface area contributed by atoms with Crippen LogP contribution in [-0.4, -0.2) is 34.9 Å². The standard InChI is InChI=1S/C12H16N4O3S/c17-7-3-6-16-10-12(9-14-16)20(18,19)15-8-11-4-1-2-5-13-11/h1-2,4-5,9-10,15,17H,3,6-8H2. The van der Waals surface area contributed by atoms with Crippen LogP contribution in [0.25, 0.3) is 0 Å². The molecule has 0 radical (unpaired) electrons. The molecule has 0 fully saturated rings. The zero-order valence-corrected chi connectivity index (χ0v) is 11.6. The van der Waals surface area contributed by atoms with Crippen molar-refractivity contribution < 1.29 is 13.5 Å². The van der Waals surface area contributed by atoms with Crippen LogP contribution in [0.2, 0.25) is 0 Å². The zero-order valence-electron chi connectivity index (χ0n) is 10.8. The molecule has 0 spiro atoms. The predicted molar refractivity (Wildman–Crippen MR) is 72.2 cm³/mol. The maximum Gasteiger partial charge on any atom is 0.244 e. The van der Waals surface area contributed by atoms with Crippen molar-refractivity contribution >= 4 is 10.0 Å². The van der Waals surface area contributed by atoms with Crippen molar-refractivity contribution in [3.05, 3.63) is 42.5 Å². The molecule has 0 aliphatic heterocycles. The highest BCUT2D eigenvalue weighted by atomic mass is 32.2. The first kappa shape index (κ1) is 14.6. The molecule has 0 amide bonds. The summed E-state index contributed by atoms with van der Waals surface area (Å²) in [6.45, 7) is 0.650. The van der Waals surface area contributed by atoms with Crippen LogP contribution in [0.4, 0.5) is 0 Å². The van der Waals surface area contributed by atoms with E-state index in [-0.39, 0.29) is 18.0 Å². The normalized spacial score (nSPS) is 11.7. The van der Waals surface area contributed by atoms with Gasteiger partial charge in [-0.05, 0) is 18.6 Å². The molecule has 0 saturated heterocycles. The summed E-state index contributed by atoms with van der Waals surface area (Å²) in [7, 11) is -3.60. The van der Waals surface area contributed by atoms with Crippen LogP contribution < -0.4 is 4.72 Å². The smallest absolute Gasteiger partial charge is 0.244 e. The number of nitrogens with one attached hydrogen (secondary N) is 1. The van der Waals surface area contributed by atoms with Gasteiger partial charge in [-0.1, -0.05) is 6.07 Å². The SMILES string of the molecule is O=S(=O)(NCc1ccccn1)c1cnn(CCCO)c1. The van der Waals surface area contributed by atoms with Crippen molar-refractivity contribution in [2.24, 2.45) is 0 Å². The summed E-state index contributed by atoms with van der Waals surface area (Å²) in [5.74, 6) is 0. The van der Waals surface area contributed by atoms with Gasteiger partial charge in [-0.2, -0.15) is 5.10 Å². The number of aliphatic hydroxyl groups is 1. The molecule has 2 rings (SSSR count). The number of aliphatic hydroxyl groups excluding tert-OH is 1. The largest absolute Gasteiger partial charge is 0.396 e. The Hall–Kier alpha value is -1.77. The van der Waals surface area contributed by atoms with Gasteiger partial charge in [0.05, 0.1) is 18.4 Å². The molecule has 2 N–H and O–H groups in total. The fourth-order valence-corrected chi connectivity index (χ4v) is 2.54. The van der Waals surface area contributed by atoms with Crippen LogP contribution in [-0.2, 0) is 23.1 Å². The second kappa shape index (κ2) is 6.60. The van der Waals surface area contributed by atoms with Gasteiger partial charge < -0.3 is 5.11 Å². The molecule has 0 atom stereocenters. The summed E-state index contributed by atoms with van der Waals surface area (Å²) in [4.78, 5) is 4.15. The maximum atomic E-state index is 12.1. The van der Waals surface area contributed by atoms with Gasteiger partial charge in [0.15, 0.2) is 0 Å². The lowest BCUT2D eigenvalue weighted by molar-refractivity contribution is 0.277. The lowest BCUT2D eigenvalue weighted by Gasteiger charge is -2.03. The third kappa shape index (κ3) is 3.86. The minimum atomic E-state index is -3.60. The van der Waals surface area contributed by atoms with E-state index in [1.165, 1.54) is 17.1 Å². The van der Waals surface area contributed by atoms with E-state index in [2.05, 4.69) is 14.8 Å². The van der Waals surface area contributed by atoms with Crippen molar-refractivity contribution in [3.8, 4) is 0 Å². The Morgan fingerprint density at radius 1 is 1.35 bits per heavy atom. The highest BCUT2D eigenvalue weighted by molar-refractivity contribution is 7.89. The molecule has 20 heavy (non-hydrogen) atoms. The summed E-state index contributed by atoms with van der Waals surface area (Å²) >= 11 is 0. The molecule has 2 heterocycles. The van der Waals surface area contributed by atoms with Crippen molar-refractivity contribution in [2.45, 2.75) is 24.4 Å². The van der Waals surface area contributed by atoms with Crippen molar-refractivity contribution in [2.75, 3.05) is 6.61 Å². The Balaban J connectivity index is 2.01. The molecule has 2 aromatic heterocycles. The van der Waals surface area contributed by atoms with Gasteiger partial charge in [0, 0.05) is 25.5 Å². The summed E-state index contributed by atoms with van der Waals surface area (Å²) < 4.78 is 28.1. The van der Waals surface area contributed by atoms with Gasteiger partial charge in [-0.25, -0.2) is 13.1 Å². The van der Waals surface area contributed by atoms with E-state index in [1.807, 2.05) is 0 Å². The van der Waals surface area contributed by atoms with Gasteiger partial charge in [-0.3, -0.25) is 9.67 Å². The second-order valence-electron chi connectivity index (χ2n) is 4.16. The number of nitrogens with zero attached hydrogens (tertiary/aromatic N) is 3. The molecule has 0 saturated carbocycles. The van der Waals surface area contributed by atoms with Crippen LogP contribution in [0.15, 0.2) is 41.7 Å². The Kier molecular flexibility index (Phi) is 4.83. The fourth-order valence-electron chi connectivity index (χ4n) is 1.59. The van der Waals surface area contributed by atoms with E-state index in [0.717, 1.165) is 0 Å². The molecular formula is C12H16N4O3S. The molecule has 2 aromatic rings. The first-order valence-electron chi connectivity index (χ1n) is 6.15. The number of rotatable bonds is 7. The molecule has 0 aliphatic rings. The first-order valence-corrected chi connectivity index (χ1v) is 7.63. The summed E-state index contributed by atoms with van der Waals surface area (Å²) in [5.41, 5.74) is 0.642. The molecule has 8 heteroatoms. The molecule has 0 aliphatic carbocycles. The predicted octanol–water partition coefficient (Wildman–Crippen LogP) is 0.139. The average molecular weight is 296 g/mol. The van der Waals surface area contributed by atoms with Crippen LogP contribution in [0.1, 0.15) is 12.1 Å². The summed E-state index contributed by atoms with van der Waals surface area (Å²) in [6.07, 6.45) is 4.87. The highest BCUT2D eigenvalue weighted by Gasteiger charge is 2.16. The van der Waals surface area contributed by atoms with Crippen LogP contribution in [0.5, 0.6) is 0 Å². The van der Waals surface area contributed by atoms with Gasteiger partial charge in [-0.15, -0.1) is 0 Å². The number of aromatic nitrogens is 3. The number of hydrogen-bond acceptors (Lipinski definition) is 5. The lowest BCUT2D eigenvalue weighted by Crippen LogP contribution is -2.23. The Morgan fingerprint density at radius 3 is 2.90 bits per heavy atom. The van der Waals surface area contributed by atoms with Gasteiger partial charge in [0.25, 0.3) is 0 Å². The minimum Gasteiger partial charge on any atom is -0.396 e. The number of pyridine rings is 1. The van der Waals surface area contributed by atoms with E-state index in [9.17, 15) is 8.42 Å². The zero-order chi connectivity index (χ0) is 14.4. The monoisotopic (exact) mass is 296 g/mol. The average Bonchev–Trinajstić information content (AvgIpc) is 2.94. The number of sulfonamides is 1. The van der Waals surface area contributed by atoms with E-state index < -0.39 is 10.0 Å². The Bertz CT molecular complexity index is 640. The van der Waals surface area contributed by atoms with E-state index in [1.54, 1.807) is 24.4 Å². The first-order chi connectivity index (χ1) is 9.62. The second-order valence-corrected chi connectivity index (χ2v) is 5.93.